The minimum Gasteiger partial charge on any atom is -0.351 e. The molecule has 6 nitrogen and oxygen atoms in total. The number of amides is 1. The predicted octanol–water partition coefficient (Wildman–Crippen LogP) is 3.06. The first kappa shape index (κ1) is 18.5. The molecule has 6 heteroatoms. The van der Waals surface area contributed by atoms with Gasteiger partial charge in [-0.2, -0.15) is 0 Å². The molecule has 1 aliphatic carbocycles. The molecular weight excluding hydrogens is 326 g/mol. The van der Waals surface area contributed by atoms with Gasteiger partial charge < -0.3 is 5.32 Å². The summed E-state index contributed by atoms with van der Waals surface area (Å²) in [6, 6.07) is 10.3. The SMILES string of the molecule is CC(C(=O)NC1CCCC1Cc1ccccc1)n1nnnc1C(C)(C)C. The Hall–Kier alpha value is -2.24. The van der Waals surface area contributed by atoms with E-state index in [2.05, 4.69) is 45.1 Å². The number of aromatic nitrogens is 4. The number of benzene rings is 1. The number of carbonyl (C=O) groups excluding carboxylic acids is 1. The maximum atomic E-state index is 12.8. The van der Waals surface area contributed by atoms with Crippen LogP contribution in [0.5, 0.6) is 0 Å². The smallest absolute Gasteiger partial charge is 0.244 e. The van der Waals surface area contributed by atoms with Crippen molar-refractivity contribution in [3.8, 4) is 0 Å². The highest BCUT2D eigenvalue weighted by Gasteiger charge is 2.32. The fourth-order valence-electron chi connectivity index (χ4n) is 3.75. The van der Waals surface area contributed by atoms with E-state index in [1.54, 1.807) is 4.68 Å². The molecule has 1 fully saturated rings. The van der Waals surface area contributed by atoms with E-state index < -0.39 is 6.04 Å². The van der Waals surface area contributed by atoms with Crippen LogP contribution in [-0.2, 0) is 16.6 Å². The second kappa shape index (κ2) is 7.56. The lowest BCUT2D eigenvalue weighted by atomic mass is 9.94. The quantitative estimate of drug-likeness (QED) is 0.895. The minimum absolute atomic E-state index is 0.00670. The molecule has 3 rings (SSSR count). The van der Waals surface area contributed by atoms with Crippen LogP contribution in [-0.4, -0.2) is 32.2 Å². The molecule has 1 aliphatic rings. The van der Waals surface area contributed by atoms with E-state index in [0.717, 1.165) is 31.5 Å². The van der Waals surface area contributed by atoms with Gasteiger partial charge in [0.15, 0.2) is 5.82 Å². The van der Waals surface area contributed by atoms with Gasteiger partial charge in [0.1, 0.15) is 6.04 Å². The number of rotatable bonds is 5. The number of nitrogens with one attached hydrogen (secondary N) is 1. The number of nitrogens with zero attached hydrogens (tertiary/aromatic N) is 4. The Morgan fingerprint density at radius 3 is 2.69 bits per heavy atom. The zero-order valence-corrected chi connectivity index (χ0v) is 16.1. The van der Waals surface area contributed by atoms with Gasteiger partial charge >= 0.3 is 0 Å². The van der Waals surface area contributed by atoms with Gasteiger partial charge in [-0.05, 0) is 48.1 Å². The molecule has 2 aromatic rings. The van der Waals surface area contributed by atoms with Gasteiger partial charge in [0.05, 0.1) is 0 Å². The van der Waals surface area contributed by atoms with Crippen LogP contribution in [0.25, 0.3) is 0 Å². The Bertz CT molecular complexity index is 734. The minimum atomic E-state index is -0.419. The van der Waals surface area contributed by atoms with Crippen LogP contribution in [0.1, 0.15) is 64.4 Å². The fraction of sp³-hybridized carbons (Fsp3) is 0.600. The third kappa shape index (κ3) is 4.11. The molecule has 1 amide bonds. The van der Waals surface area contributed by atoms with Crippen LogP contribution in [0.3, 0.4) is 0 Å². The molecule has 1 saturated carbocycles. The van der Waals surface area contributed by atoms with Crippen molar-refractivity contribution >= 4 is 5.91 Å². The van der Waals surface area contributed by atoms with Crippen LogP contribution in [0.2, 0.25) is 0 Å². The second-order valence-electron chi connectivity index (χ2n) is 8.37. The lowest BCUT2D eigenvalue weighted by molar-refractivity contribution is -0.125. The molecule has 1 N–H and O–H groups in total. The molecule has 0 saturated heterocycles. The average Bonchev–Trinajstić information content (AvgIpc) is 3.24. The lowest BCUT2D eigenvalue weighted by Gasteiger charge is -2.25. The van der Waals surface area contributed by atoms with E-state index in [-0.39, 0.29) is 17.4 Å². The van der Waals surface area contributed by atoms with Crippen molar-refractivity contribution in [2.45, 2.75) is 70.9 Å². The van der Waals surface area contributed by atoms with E-state index in [1.807, 2.05) is 33.8 Å². The van der Waals surface area contributed by atoms with E-state index in [1.165, 1.54) is 5.56 Å². The number of carbonyl (C=O) groups is 1. The van der Waals surface area contributed by atoms with Crippen molar-refractivity contribution in [2.75, 3.05) is 0 Å². The Labute approximate surface area is 155 Å². The van der Waals surface area contributed by atoms with E-state index in [0.29, 0.717) is 5.92 Å². The monoisotopic (exact) mass is 355 g/mol. The van der Waals surface area contributed by atoms with Crippen LogP contribution in [0, 0.1) is 5.92 Å². The first-order valence-corrected chi connectivity index (χ1v) is 9.49. The molecule has 1 heterocycles. The largest absolute Gasteiger partial charge is 0.351 e. The van der Waals surface area contributed by atoms with Crippen LogP contribution in [0.15, 0.2) is 30.3 Å². The van der Waals surface area contributed by atoms with Crippen molar-refractivity contribution in [3.63, 3.8) is 0 Å². The number of tetrazole rings is 1. The van der Waals surface area contributed by atoms with Crippen molar-refractivity contribution in [2.24, 2.45) is 5.92 Å². The summed E-state index contributed by atoms with van der Waals surface area (Å²) in [4.78, 5) is 12.8. The Kier molecular flexibility index (Phi) is 5.39. The molecule has 140 valence electrons. The standard InChI is InChI=1S/C20H29N5O/c1-14(25-19(20(2,3)4)22-23-24-25)18(26)21-17-12-8-11-16(17)13-15-9-6-5-7-10-15/h5-7,9-10,14,16-17H,8,11-13H2,1-4H3,(H,21,26). The number of hydrogen-bond donors (Lipinski definition) is 1. The Balaban J connectivity index is 1.66. The van der Waals surface area contributed by atoms with Crippen molar-refractivity contribution < 1.29 is 4.79 Å². The zero-order chi connectivity index (χ0) is 18.7. The molecule has 26 heavy (non-hydrogen) atoms. The van der Waals surface area contributed by atoms with Gasteiger partial charge in [0.2, 0.25) is 5.91 Å². The maximum absolute atomic E-state index is 12.8. The highest BCUT2D eigenvalue weighted by Crippen LogP contribution is 2.29. The first-order valence-electron chi connectivity index (χ1n) is 9.49. The average molecular weight is 355 g/mol. The topological polar surface area (TPSA) is 72.7 Å². The van der Waals surface area contributed by atoms with Crippen molar-refractivity contribution in [3.05, 3.63) is 41.7 Å². The van der Waals surface area contributed by atoms with Gasteiger partial charge in [-0.15, -0.1) is 5.10 Å². The van der Waals surface area contributed by atoms with E-state index in [9.17, 15) is 4.79 Å². The van der Waals surface area contributed by atoms with Crippen molar-refractivity contribution in [1.82, 2.24) is 25.5 Å². The third-order valence-electron chi connectivity index (χ3n) is 5.24. The molecule has 0 bridgehead atoms. The van der Waals surface area contributed by atoms with Crippen molar-refractivity contribution in [1.29, 1.82) is 0 Å². The number of hydrogen-bond acceptors (Lipinski definition) is 4. The maximum Gasteiger partial charge on any atom is 0.244 e. The molecular formula is C20H29N5O. The normalized spacial score (nSPS) is 21.5. The van der Waals surface area contributed by atoms with Gasteiger partial charge in [-0.3, -0.25) is 4.79 Å². The summed E-state index contributed by atoms with van der Waals surface area (Å²) in [5, 5.41) is 15.2. The lowest BCUT2D eigenvalue weighted by Crippen LogP contribution is -2.42. The highest BCUT2D eigenvalue weighted by atomic mass is 16.2. The highest BCUT2D eigenvalue weighted by molar-refractivity contribution is 5.80. The van der Waals surface area contributed by atoms with E-state index >= 15 is 0 Å². The molecule has 0 aliphatic heterocycles. The second-order valence-corrected chi connectivity index (χ2v) is 8.37. The Morgan fingerprint density at radius 1 is 1.27 bits per heavy atom. The summed E-state index contributed by atoms with van der Waals surface area (Å²) >= 11 is 0. The van der Waals surface area contributed by atoms with Crippen LogP contribution in [0.4, 0.5) is 0 Å². The van der Waals surface area contributed by atoms with Gasteiger partial charge in [-0.1, -0.05) is 57.5 Å². The Morgan fingerprint density at radius 2 is 2.00 bits per heavy atom. The van der Waals surface area contributed by atoms with Gasteiger partial charge in [0, 0.05) is 11.5 Å². The third-order valence-corrected chi connectivity index (χ3v) is 5.24. The predicted molar refractivity (Wildman–Crippen MR) is 101 cm³/mol. The molecule has 0 spiro atoms. The molecule has 0 radical (unpaired) electrons. The molecule has 1 aromatic carbocycles. The van der Waals surface area contributed by atoms with Gasteiger partial charge in [0.25, 0.3) is 0 Å². The summed E-state index contributed by atoms with van der Waals surface area (Å²) < 4.78 is 1.65. The van der Waals surface area contributed by atoms with Gasteiger partial charge in [-0.25, -0.2) is 4.68 Å². The summed E-state index contributed by atoms with van der Waals surface area (Å²) in [7, 11) is 0. The first-order chi connectivity index (χ1) is 12.4. The molecule has 3 atom stereocenters. The van der Waals surface area contributed by atoms with E-state index in [4.69, 9.17) is 0 Å². The molecule has 1 aromatic heterocycles. The summed E-state index contributed by atoms with van der Waals surface area (Å²) in [6.45, 7) is 8.01. The molecule has 3 unspecified atom stereocenters. The fourth-order valence-corrected chi connectivity index (χ4v) is 3.75. The van der Waals surface area contributed by atoms with Crippen LogP contribution < -0.4 is 5.32 Å². The zero-order valence-electron chi connectivity index (χ0n) is 16.1. The van der Waals surface area contributed by atoms with Crippen LogP contribution >= 0.6 is 0 Å². The summed E-state index contributed by atoms with van der Waals surface area (Å²) in [5.74, 6) is 1.21. The summed E-state index contributed by atoms with van der Waals surface area (Å²) in [6.07, 6.45) is 4.37. The summed E-state index contributed by atoms with van der Waals surface area (Å²) in [5.41, 5.74) is 1.13.